The molecular weight excluding hydrogens is 148 g/mol. The lowest BCUT2D eigenvalue weighted by molar-refractivity contribution is 0.212. The van der Waals surface area contributed by atoms with Gasteiger partial charge >= 0.3 is 0 Å². The zero-order valence-corrected chi connectivity index (χ0v) is 8.21. The van der Waals surface area contributed by atoms with Gasteiger partial charge in [0.15, 0.2) is 0 Å². The van der Waals surface area contributed by atoms with Crippen molar-refractivity contribution in [2.24, 2.45) is 0 Å². The van der Waals surface area contributed by atoms with Gasteiger partial charge in [-0.3, -0.25) is 4.90 Å². The van der Waals surface area contributed by atoms with E-state index in [-0.39, 0.29) is 0 Å². The molecule has 0 amide bonds. The molecule has 0 aromatic carbocycles. The van der Waals surface area contributed by atoms with E-state index in [1.807, 2.05) is 0 Å². The molecule has 0 aromatic rings. The average Bonchev–Trinajstić information content (AvgIpc) is 2.82. The maximum Gasteiger partial charge on any atom is 0.0195 e. The lowest BCUT2D eigenvalue weighted by Gasteiger charge is -2.26. The Hall–Kier alpha value is -0.0800. The molecule has 2 fully saturated rings. The highest BCUT2D eigenvalue weighted by Crippen LogP contribution is 2.29. The first-order chi connectivity index (χ1) is 5.77. The maximum absolute atomic E-state index is 3.57. The van der Waals surface area contributed by atoms with Gasteiger partial charge in [-0.1, -0.05) is 0 Å². The number of hydrogen-bond donors (Lipinski definition) is 1. The van der Waals surface area contributed by atoms with E-state index < -0.39 is 0 Å². The number of rotatable bonds is 1. The van der Waals surface area contributed by atoms with Gasteiger partial charge < -0.3 is 5.32 Å². The highest BCUT2D eigenvalue weighted by molar-refractivity contribution is 4.90. The Morgan fingerprint density at radius 2 is 1.92 bits per heavy atom. The van der Waals surface area contributed by atoms with E-state index in [2.05, 4.69) is 24.1 Å². The maximum atomic E-state index is 3.57. The van der Waals surface area contributed by atoms with Gasteiger partial charge in [-0.05, 0) is 33.1 Å². The van der Waals surface area contributed by atoms with Crippen molar-refractivity contribution in [1.82, 2.24) is 10.2 Å². The molecular formula is C10H20N2. The van der Waals surface area contributed by atoms with E-state index >= 15 is 0 Å². The molecule has 70 valence electrons. The van der Waals surface area contributed by atoms with Crippen LogP contribution in [0.1, 0.15) is 33.1 Å². The van der Waals surface area contributed by atoms with E-state index in [0.717, 1.165) is 18.1 Å². The first kappa shape index (κ1) is 8.52. The highest BCUT2D eigenvalue weighted by atomic mass is 15.2. The van der Waals surface area contributed by atoms with Crippen LogP contribution in [0.15, 0.2) is 0 Å². The van der Waals surface area contributed by atoms with Crippen LogP contribution in [-0.4, -0.2) is 36.1 Å². The topological polar surface area (TPSA) is 15.3 Å². The van der Waals surface area contributed by atoms with E-state index in [1.165, 1.54) is 32.4 Å². The van der Waals surface area contributed by atoms with Crippen molar-refractivity contribution in [3.63, 3.8) is 0 Å². The molecule has 2 rings (SSSR count). The molecule has 2 aliphatic rings. The third-order valence-electron chi connectivity index (χ3n) is 3.16. The van der Waals surface area contributed by atoms with Crippen LogP contribution in [0.5, 0.6) is 0 Å². The Labute approximate surface area is 75.3 Å². The lowest BCUT2D eigenvalue weighted by atomic mass is 10.2. The summed E-state index contributed by atoms with van der Waals surface area (Å²) in [5.41, 5.74) is 0. The largest absolute Gasteiger partial charge is 0.313 e. The van der Waals surface area contributed by atoms with Gasteiger partial charge in [0.1, 0.15) is 0 Å². The SMILES string of the molecule is CC1CCN(C2CC2)C(C)CN1. The standard InChI is InChI=1S/C10H20N2/c1-8-5-6-12(10-3-4-10)9(2)7-11-8/h8-11H,3-7H2,1-2H3. The van der Waals surface area contributed by atoms with Gasteiger partial charge in [0.2, 0.25) is 0 Å². The Kier molecular flexibility index (Phi) is 2.37. The molecule has 2 atom stereocenters. The summed E-state index contributed by atoms with van der Waals surface area (Å²) >= 11 is 0. The van der Waals surface area contributed by atoms with Crippen molar-refractivity contribution >= 4 is 0 Å². The number of nitrogens with zero attached hydrogens (tertiary/aromatic N) is 1. The van der Waals surface area contributed by atoms with E-state index in [4.69, 9.17) is 0 Å². The average molecular weight is 168 g/mol. The molecule has 2 unspecified atom stereocenters. The van der Waals surface area contributed by atoms with Crippen molar-refractivity contribution in [3.8, 4) is 0 Å². The minimum absolute atomic E-state index is 0.719. The summed E-state index contributed by atoms with van der Waals surface area (Å²) in [5.74, 6) is 0. The van der Waals surface area contributed by atoms with Crippen LogP contribution in [0.25, 0.3) is 0 Å². The molecule has 2 heteroatoms. The van der Waals surface area contributed by atoms with Crippen molar-refractivity contribution in [1.29, 1.82) is 0 Å². The van der Waals surface area contributed by atoms with E-state index in [0.29, 0.717) is 0 Å². The normalized spacial score (nSPS) is 39.5. The summed E-state index contributed by atoms with van der Waals surface area (Å²) < 4.78 is 0. The summed E-state index contributed by atoms with van der Waals surface area (Å²) in [6.07, 6.45) is 4.21. The molecule has 1 aliphatic heterocycles. The third-order valence-corrected chi connectivity index (χ3v) is 3.16. The Bertz CT molecular complexity index is 154. The fourth-order valence-electron chi connectivity index (χ4n) is 2.10. The zero-order chi connectivity index (χ0) is 8.55. The fraction of sp³-hybridized carbons (Fsp3) is 1.00. The Balaban J connectivity index is 1.92. The van der Waals surface area contributed by atoms with Gasteiger partial charge in [0, 0.05) is 31.2 Å². The molecule has 1 N–H and O–H groups in total. The molecule has 1 heterocycles. The molecule has 0 aromatic heterocycles. The summed E-state index contributed by atoms with van der Waals surface area (Å²) in [7, 11) is 0. The van der Waals surface area contributed by atoms with Gasteiger partial charge in [0.25, 0.3) is 0 Å². The second-order valence-corrected chi connectivity index (χ2v) is 4.42. The van der Waals surface area contributed by atoms with Crippen LogP contribution in [0.2, 0.25) is 0 Å². The Morgan fingerprint density at radius 3 is 2.58 bits per heavy atom. The van der Waals surface area contributed by atoms with Crippen LogP contribution in [0, 0.1) is 0 Å². The highest BCUT2D eigenvalue weighted by Gasteiger charge is 2.33. The van der Waals surface area contributed by atoms with Crippen molar-refractivity contribution in [2.45, 2.75) is 51.2 Å². The van der Waals surface area contributed by atoms with Crippen molar-refractivity contribution < 1.29 is 0 Å². The summed E-state index contributed by atoms with van der Waals surface area (Å²) in [6, 6.07) is 2.41. The van der Waals surface area contributed by atoms with Crippen LogP contribution in [-0.2, 0) is 0 Å². The third kappa shape index (κ3) is 1.80. The molecule has 0 spiro atoms. The smallest absolute Gasteiger partial charge is 0.0195 e. The van der Waals surface area contributed by atoms with Crippen LogP contribution in [0.3, 0.4) is 0 Å². The van der Waals surface area contributed by atoms with Gasteiger partial charge in [0.05, 0.1) is 0 Å². The number of nitrogens with one attached hydrogen (secondary N) is 1. The molecule has 1 saturated heterocycles. The van der Waals surface area contributed by atoms with Gasteiger partial charge in [-0.15, -0.1) is 0 Å². The quantitative estimate of drug-likeness (QED) is 0.633. The fourth-order valence-corrected chi connectivity index (χ4v) is 2.10. The van der Waals surface area contributed by atoms with Crippen LogP contribution in [0.4, 0.5) is 0 Å². The molecule has 2 nitrogen and oxygen atoms in total. The van der Waals surface area contributed by atoms with Crippen molar-refractivity contribution in [3.05, 3.63) is 0 Å². The second kappa shape index (κ2) is 3.35. The predicted octanol–water partition coefficient (Wildman–Crippen LogP) is 1.22. The van der Waals surface area contributed by atoms with E-state index in [9.17, 15) is 0 Å². The minimum Gasteiger partial charge on any atom is -0.313 e. The lowest BCUT2D eigenvalue weighted by Crippen LogP contribution is -2.39. The summed E-state index contributed by atoms with van der Waals surface area (Å²) in [5, 5.41) is 3.57. The van der Waals surface area contributed by atoms with Crippen molar-refractivity contribution in [2.75, 3.05) is 13.1 Å². The molecule has 0 bridgehead atoms. The molecule has 12 heavy (non-hydrogen) atoms. The van der Waals surface area contributed by atoms with Gasteiger partial charge in [-0.25, -0.2) is 0 Å². The summed E-state index contributed by atoms with van der Waals surface area (Å²) in [4.78, 5) is 2.69. The van der Waals surface area contributed by atoms with E-state index in [1.54, 1.807) is 0 Å². The molecule has 1 aliphatic carbocycles. The molecule has 1 saturated carbocycles. The van der Waals surface area contributed by atoms with Crippen LogP contribution >= 0.6 is 0 Å². The number of hydrogen-bond acceptors (Lipinski definition) is 2. The first-order valence-electron chi connectivity index (χ1n) is 5.26. The molecule has 0 radical (unpaired) electrons. The minimum atomic E-state index is 0.719. The second-order valence-electron chi connectivity index (χ2n) is 4.42. The zero-order valence-electron chi connectivity index (χ0n) is 8.21. The summed E-state index contributed by atoms with van der Waals surface area (Å²) in [6.45, 7) is 7.13. The Morgan fingerprint density at radius 1 is 1.17 bits per heavy atom. The monoisotopic (exact) mass is 168 g/mol. The van der Waals surface area contributed by atoms with Crippen LogP contribution < -0.4 is 5.32 Å². The van der Waals surface area contributed by atoms with Gasteiger partial charge in [-0.2, -0.15) is 0 Å². The first-order valence-corrected chi connectivity index (χ1v) is 5.26. The predicted molar refractivity (Wildman–Crippen MR) is 51.3 cm³/mol.